The molecule has 0 amide bonds. The van der Waals surface area contributed by atoms with E-state index in [-0.39, 0.29) is 12.7 Å². The highest BCUT2D eigenvalue weighted by molar-refractivity contribution is 4.74. The van der Waals surface area contributed by atoms with Crippen LogP contribution in [0.25, 0.3) is 0 Å². The molecule has 2 heteroatoms. The van der Waals surface area contributed by atoms with E-state index in [2.05, 4.69) is 6.58 Å². The maximum Gasteiger partial charge on any atom is 0.0612 e. The second-order valence-electron chi connectivity index (χ2n) is 2.13. The molecule has 0 saturated heterocycles. The van der Waals surface area contributed by atoms with Crippen LogP contribution in [0.15, 0.2) is 24.8 Å². The molecule has 0 fully saturated rings. The number of aliphatic hydroxyl groups excluding tert-OH is 2. The van der Waals surface area contributed by atoms with Crippen molar-refractivity contribution in [2.45, 2.75) is 26.4 Å². The van der Waals surface area contributed by atoms with Gasteiger partial charge in [0.15, 0.2) is 0 Å². The Balaban J connectivity index is 0. The molecule has 1 unspecified atom stereocenters. The van der Waals surface area contributed by atoms with Crippen LogP contribution >= 0.6 is 0 Å². The third-order valence-corrected chi connectivity index (χ3v) is 0.849. The molecule has 0 aromatic heterocycles. The van der Waals surface area contributed by atoms with Crippen LogP contribution in [0.1, 0.15) is 20.3 Å². The normalized spacial score (nSPS) is 12.0. The van der Waals surface area contributed by atoms with E-state index in [0.717, 1.165) is 0 Å². The first-order valence-corrected chi connectivity index (χ1v) is 3.70. The molecule has 0 aliphatic heterocycles. The van der Waals surface area contributed by atoms with Gasteiger partial charge in [-0.3, -0.25) is 0 Å². The standard InChI is InChI=1S/C5H10O.C4H8O/c1-3-4-5(2)6;1-2-3-4-5/h3,5-6H,1,4H2,2H3;2-3,5H,4H2,1H3. The fourth-order valence-electron chi connectivity index (χ4n) is 0.347. The highest BCUT2D eigenvalue weighted by Gasteiger charge is 1.84. The maximum atomic E-state index is 8.48. The lowest BCUT2D eigenvalue weighted by molar-refractivity contribution is 0.198. The van der Waals surface area contributed by atoms with E-state index in [4.69, 9.17) is 10.2 Å². The van der Waals surface area contributed by atoms with Crippen molar-refractivity contribution >= 4 is 0 Å². The summed E-state index contributed by atoms with van der Waals surface area (Å²) in [6, 6.07) is 0. The summed E-state index contributed by atoms with van der Waals surface area (Å²) < 4.78 is 0. The SMILES string of the molecule is C=CCC(C)O.CC=CCO. The quantitative estimate of drug-likeness (QED) is 0.611. The largest absolute Gasteiger partial charge is 0.393 e. The predicted octanol–water partition coefficient (Wildman–Crippen LogP) is 1.50. The summed E-state index contributed by atoms with van der Waals surface area (Å²) in [4.78, 5) is 0. The zero-order chi connectivity index (χ0) is 9.11. The summed E-state index contributed by atoms with van der Waals surface area (Å²) in [5.74, 6) is 0. The van der Waals surface area contributed by atoms with Gasteiger partial charge in [0.1, 0.15) is 0 Å². The van der Waals surface area contributed by atoms with Gasteiger partial charge in [-0.2, -0.15) is 0 Å². The Bertz CT molecular complexity index is 95.7. The van der Waals surface area contributed by atoms with Crippen molar-refractivity contribution in [2.75, 3.05) is 6.61 Å². The van der Waals surface area contributed by atoms with E-state index in [0.29, 0.717) is 6.42 Å². The number of hydrogen-bond donors (Lipinski definition) is 2. The summed E-state index contributed by atoms with van der Waals surface area (Å²) >= 11 is 0. The number of rotatable bonds is 3. The minimum Gasteiger partial charge on any atom is -0.393 e. The van der Waals surface area contributed by atoms with E-state index in [1.807, 2.05) is 6.92 Å². The average molecular weight is 158 g/mol. The Morgan fingerprint density at radius 1 is 1.55 bits per heavy atom. The average Bonchev–Trinajstić information content (AvgIpc) is 1.90. The molecule has 11 heavy (non-hydrogen) atoms. The van der Waals surface area contributed by atoms with Crippen molar-refractivity contribution in [3.8, 4) is 0 Å². The van der Waals surface area contributed by atoms with Crippen molar-refractivity contribution in [1.29, 1.82) is 0 Å². The van der Waals surface area contributed by atoms with Crippen LogP contribution in [0.3, 0.4) is 0 Å². The monoisotopic (exact) mass is 158 g/mol. The van der Waals surface area contributed by atoms with Crippen molar-refractivity contribution in [3.05, 3.63) is 24.8 Å². The van der Waals surface area contributed by atoms with Gasteiger partial charge in [-0.15, -0.1) is 6.58 Å². The number of aliphatic hydroxyl groups is 2. The number of allylic oxidation sites excluding steroid dienone is 1. The first kappa shape index (κ1) is 13.0. The lowest BCUT2D eigenvalue weighted by atomic mass is 10.3. The van der Waals surface area contributed by atoms with E-state index < -0.39 is 0 Å². The maximum absolute atomic E-state index is 8.48. The molecule has 0 aromatic rings. The van der Waals surface area contributed by atoms with Gasteiger partial charge < -0.3 is 10.2 Å². The predicted molar refractivity (Wildman–Crippen MR) is 48.4 cm³/mol. The molecule has 2 N–H and O–H groups in total. The molecule has 0 saturated carbocycles. The Morgan fingerprint density at radius 3 is 2.09 bits per heavy atom. The molecule has 0 aliphatic carbocycles. The Kier molecular flexibility index (Phi) is 14.3. The van der Waals surface area contributed by atoms with Crippen LogP contribution in [0.2, 0.25) is 0 Å². The molecule has 66 valence electrons. The van der Waals surface area contributed by atoms with Gasteiger partial charge in [0.2, 0.25) is 0 Å². The third kappa shape index (κ3) is 26.6. The summed E-state index contributed by atoms with van der Waals surface area (Å²) in [7, 11) is 0. The molecule has 0 spiro atoms. The van der Waals surface area contributed by atoms with Crippen molar-refractivity contribution < 1.29 is 10.2 Å². The van der Waals surface area contributed by atoms with Crippen LogP contribution in [0.5, 0.6) is 0 Å². The van der Waals surface area contributed by atoms with Gasteiger partial charge in [-0.05, 0) is 20.3 Å². The van der Waals surface area contributed by atoms with E-state index in [1.165, 1.54) is 0 Å². The van der Waals surface area contributed by atoms with E-state index in [1.54, 1.807) is 25.2 Å². The summed E-state index contributed by atoms with van der Waals surface area (Å²) in [5.41, 5.74) is 0. The van der Waals surface area contributed by atoms with Crippen molar-refractivity contribution in [1.82, 2.24) is 0 Å². The van der Waals surface area contributed by atoms with E-state index >= 15 is 0 Å². The van der Waals surface area contributed by atoms with Crippen LogP contribution in [0.4, 0.5) is 0 Å². The van der Waals surface area contributed by atoms with Gasteiger partial charge in [-0.25, -0.2) is 0 Å². The number of hydrogen-bond acceptors (Lipinski definition) is 2. The van der Waals surface area contributed by atoms with E-state index in [9.17, 15) is 0 Å². The highest BCUT2D eigenvalue weighted by Crippen LogP contribution is 1.85. The molecule has 0 bridgehead atoms. The second kappa shape index (κ2) is 12.1. The summed E-state index contributed by atoms with van der Waals surface area (Å²) in [6.45, 7) is 7.21. The molecule has 0 radical (unpaired) electrons. The molecule has 0 heterocycles. The van der Waals surface area contributed by atoms with Gasteiger partial charge in [0.05, 0.1) is 12.7 Å². The second-order valence-corrected chi connectivity index (χ2v) is 2.13. The van der Waals surface area contributed by atoms with Crippen LogP contribution in [0, 0.1) is 0 Å². The first-order valence-electron chi connectivity index (χ1n) is 3.70. The summed E-state index contributed by atoms with van der Waals surface area (Å²) in [5, 5.41) is 16.5. The van der Waals surface area contributed by atoms with Gasteiger partial charge in [0, 0.05) is 0 Å². The molecule has 1 atom stereocenters. The Hall–Kier alpha value is -0.600. The topological polar surface area (TPSA) is 40.5 Å². The zero-order valence-electron chi connectivity index (χ0n) is 7.33. The minimum atomic E-state index is -0.220. The zero-order valence-corrected chi connectivity index (χ0v) is 7.33. The first-order chi connectivity index (χ1) is 5.18. The fraction of sp³-hybridized carbons (Fsp3) is 0.556. The molecule has 0 rings (SSSR count). The molecular weight excluding hydrogens is 140 g/mol. The van der Waals surface area contributed by atoms with Gasteiger partial charge >= 0.3 is 0 Å². The smallest absolute Gasteiger partial charge is 0.0612 e. The van der Waals surface area contributed by atoms with Gasteiger partial charge in [0.25, 0.3) is 0 Å². The van der Waals surface area contributed by atoms with Crippen LogP contribution in [-0.4, -0.2) is 22.9 Å². The van der Waals surface area contributed by atoms with Crippen molar-refractivity contribution in [3.63, 3.8) is 0 Å². The lowest BCUT2D eigenvalue weighted by Gasteiger charge is -1.92. The summed E-state index contributed by atoms with van der Waals surface area (Å²) in [6.07, 6.45) is 5.66. The fourth-order valence-corrected chi connectivity index (χ4v) is 0.347. The minimum absolute atomic E-state index is 0.163. The molecular formula is C9H18O2. The van der Waals surface area contributed by atoms with Crippen LogP contribution in [-0.2, 0) is 0 Å². The van der Waals surface area contributed by atoms with Crippen LogP contribution < -0.4 is 0 Å². The lowest BCUT2D eigenvalue weighted by Crippen LogP contribution is -1.94. The molecule has 2 nitrogen and oxygen atoms in total. The Morgan fingerprint density at radius 2 is 2.09 bits per heavy atom. The Labute approximate surface area is 68.9 Å². The highest BCUT2D eigenvalue weighted by atomic mass is 16.3. The molecule has 0 aliphatic rings. The van der Waals surface area contributed by atoms with Gasteiger partial charge in [-0.1, -0.05) is 18.2 Å². The third-order valence-electron chi connectivity index (χ3n) is 0.849. The molecule has 0 aromatic carbocycles. The van der Waals surface area contributed by atoms with Crippen molar-refractivity contribution in [2.24, 2.45) is 0 Å².